The van der Waals surface area contributed by atoms with Crippen molar-refractivity contribution in [1.29, 1.82) is 0 Å². The SMILES string of the molecule is CC(C)(C)CC(=O)Nc1cc(N2C[C@@H](CNC(=O)c3ccc(Cl)s3)OC2=O)ccc1N1CCC(N)C1. The van der Waals surface area contributed by atoms with E-state index in [1.54, 1.807) is 18.2 Å². The van der Waals surface area contributed by atoms with Gasteiger partial charge in [-0.25, -0.2) is 4.79 Å². The Balaban J connectivity index is 1.47. The van der Waals surface area contributed by atoms with E-state index in [9.17, 15) is 14.4 Å². The molecule has 3 heterocycles. The first-order chi connectivity index (χ1) is 17.0. The van der Waals surface area contributed by atoms with Gasteiger partial charge in [-0.1, -0.05) is 32.4 Å². The summed E-state index contributed by atoms with van der Waals surface area (Å²) in [6.45, 7) is 7.97. The van der Waals surface area contributed by atoms with E-state index < -0.39 is 12.2 Å². The minimum Gasteiger partial charge on any atom is -0.442 e. The first-order valence-electron chi connectivity index (χ1n) is 11.9. The Morgan fingerprint density at radius 3 is 2.64 bits per heavy atom. The van der Waals surface area contributed by atoms with Crippen LogP contribution in [0.15, 0.2) is 30.3 Å². The molecule has 36 heavy (non-hydrogen) atoms. The molecule has 2 aliphatic rings. The quantitative estimate of drug-likeness (QED) is 0.494. The Morgan fingerprint density at radius 1 is 1.22 bits per heavy atom. The molecule has 2 aliphatic heterocycles. The maximum Gasteiger partial charge on any atom is 0.414 e. The zero-order valence-electron chi connectivity index (χ0n) is 20.7. The Kier molecular flexibility index (Phi) is 7.77. The lowest BCUT2D eigenvalue weighted by Gasteiger charge is -2.25. The summed E-state index contributed by atoms with van der Waals surface area (Å²) in [6, 6.07) is 8.94. The summed E-state index contributed by atoms with van der Waals surface area (Å²) < 4.78 is 6.02. The smallest absolute Gasteiger partial charge is 0.414 e. The number of rotatable bonds is 7. The van der Waals surface area contributed by atoms with Crippen LogP contribution in [-0.2, 0) is 9.53 Å². The third-order valence-electron chi connectivity index (χ3n) is 5.98. The third-order valence-corrected chi connectivity index (χ3v) is 7.21. The summed E-state index contributed by atoms with van der Waals surface area (Å²) in [4.78, 5) is 41.9. The minimum atomic E-state index is -0.507. The topological polar surface area (TPSA) is 117 Å². The number of halogens is 1. The number of hydrogen-bond donors (Lipinski definition) is 3. The molecule has 2 atom stereocenters. The van der Waals surface area contributed by atoms with Crippen molar-refractivity contribution in [3.8, 4) is 0 Å². The number of amides is 3. The molecule has 0 saturated carbocycles. The minimum absolute atomic E-state index is 0.0811. The molecule has 2 fully saturated rings. The standard InChI is InChI=1S/C25H32ClN5O4S/c1-25(2,3)11-22(32)29-18-10-16(4-5-19(18)30-9-8-15(27)13-30)31-14-17(35-24(31)34)12-28-23(33)20-6-7-21(26)36-20/h4-7,10,15,17H,8-9,11-14,27H2,1-3H3,(H,28,33)(H,29,32)/t15?,17-/m1/s1. The Morgan fingerprint density at radius 2 is 2.00 bits per heavy atom. The van der Waals surface area contributed by atoms with Crippen molar-refractivity contribution >= 4 is 57.9 Å². The third kappa shape index (κ3) is 6.48. The summed E-state index contributed by atoms with van der Waals surface area (Å²) in [5.41, 5.74) is 8.07. The van der Waals surface area contributed by atoms with Gasteiger partial charge in [0.1, 0.15) is 6.10 Å². The molecule has 4 rings (SSSR count). The highest BCUT2D eigenvalue weighted by Gasteiger charge is 2.33. The molecular formula is C25H32ClN5O4S. The summed E-state index contributed by atoms with van der Waals surface area (Å²) in [6.07, 6.45) is 0.225. The second kappa shape index (κ2) is 10.7. The molecule has 1 aromatic heterocycles. The Hall–Kier alpha value is -2.82. The first-order valence-corrected chi connectivity index (χ1v) is 13.1. The van der Waals surface area contributed by atoms with E-state index in [1.165, 1.54) is 16.2 Å². The maximum atomic E-state index is 12.8. The van der Waals surface area contributed by atoms with Gasteiger partial charge in [-0.15, -0.1) is 11.3 Å². The van der Waals surface area contributed by atoms with Crippen LogP contribution in [0.1, 0.15) is 43.3 Å². The molecule has 9 nitrogen and oxygen atoms in total. The van der Waals surface area contributed by atoms with Crippen LogP contribution in [0.25, 0.3) is 0 Å². The van der Waals surface area contributed by atoms with Crippen molar-refractivity contribution in [2.45, 2.75) is 45.8 Å². The molecule has 11 heteroatoms. The molecule has 3 amide bonds. The van der Waals surface area contributed by atoms with Gasteiger partial charge >= 0.3 is 6.09 Å². The van der Waals surface area contributed by atoms with Gasteiger partial charge < -0.3 is 26.0 Å². The number of thiophene rings is 1. The second-order valence-corrected chi connectivity index (χ2v) is 12.1. The zero-order valence-corrected chi connectivity index (χ0v) is 22.2. The van der Waals surface area contributed by atoms with E-state index >= 15 is 0 Å². The molecule has 4 N–H and O–H groups in total. The number of nitrogens with two attached hydrogens (primary N) is 1. The summed E-state index contributed by atoms with van der Waals surface area (Å²) in [7, 11) is 0. The average Bonchev–Trinajstić information content (AvgIpc) is 3.50. The van der Waals surface area contributed by atoms with E-state index in [2.05, 4.69) is 15.5 Å². The number of benzene rings is 1. The molecule has 0 aliphatic carbocycles. The zero-order chi connectivity index (χ0) is 26.0. The summed E-state index contributed by atoms with van der Waals surface area (Å²) in [5.74, 6) is -0.360. The molecular weight excluding hydrogens is 502 g/mol. The van der Waals surface area contributed by atoms with Crippen LogP contribution in [0.5, 0.6) is 0 Å². The van der Waals surface area contributed by atoms with Crippen LogP contribution < -0.4 is 26.2 Å². The lowest BCUT2D eigenvalue weighted by atomic mass is 9.92. The van der Waals surface area contributed by atoms with Gasteiger partial charge in [0.25, 0.3) is 5.91 Å². The fourth-order valence-electron chi connectivity index (χ4n) is 4.32. The Bertz CT molecular complexity index is 1150. The number of cyclic esters (lactones) is 1. The number of ether oxygens (including phenoxy) is 1. The molecule has 0 radical (unpaired) electrons. The van der Waals surface area contributed by atoms with Crippen molar-refractivity contribution < 1.29 is 19.1 Å². The van der Waals surface area contributed by atoms with Crippen LogP contribution in [-0.4, -0.2) is 56.2 Å². The number of anilines is 3. The second-order valence-electron chi connectivity index (χ2n) is 10.4. The maximum absolute atomic E-state index is 12.8. The molecule has 0 bridgehead atoms. The highest BCUT2D eigenvalue weighted by Crippen LogP contribution is 2.35. The number of carbonyl (C=O) groups excluding carboxylic acids is 3. The highest BCUT2D eigenvalue weighted by molar-refractivity contribution is 7.18. The van der Waals surface area contributed by atoms with Crippen molar-refractivity contribution in [2.75, 3.05) is 41.3 Å². The molecule has 1 unspecified atom stereocenters. The van der Waals surface area contributed by atoms with Crippen molar-refractivity contribution in [2.24, 2.45) is 11.1 Å². The largest absolute Gasteiger partial charge is 0.442 e. The predicted molar refractivity (Wildman–Crippen MR) is 143 cm³/mol. The highest BCUT2D eigenvalue weighted by atomic mass is 35.5. The van der Waals surface area contributed by atoms with Crippen molar-refractivity contribution in [3.63, 3.8) is 0 Å². The lowest BCUT2D eigenvalue weighted by Crippen LogP contribution is -2.34. The van der Waals surface area contributed by atoms with E-state index in [4.69, 9.17) is 22.1 Å². The lowest BCUT2D eigenvalue weighted by molar-refractivity contribution is -0.117. The van der Waals surface area contributed by atoms with Crippen molar-refractivity contribution in [3.05, 3.63) is 39.5 Å². The Labute approximate surface area is 219 Å². The van der Waals surface area contributed by atoms with Gasteiger partial charge in [0.2, 0.25) is 5.91 Å². The summed E-state index contributed by atoms with van der Waals surface area (Å²) in [5, 5.41) is 5.83. The van der Waals surface area contributed by atoms with Crippen LogP contribution in [0.2, 0.25) is 4.34 Å². The van der Waals surface area contributed by atoms with Gasteiger partial charge in [0, 0.05) is 31.2 Å². The number of hydrogen-bond acceptors (Lipinski definition) is 7. The van der Waals surface area contributed by atoms with Gasteiger partial charge in [0.05, 0.1) is 33.7 Å². The molecule has 1 aromatic carbocycles. The normalized spacial score (nSPS) is 20.0. The first kappa shape index (κ1) is 26.2. The fourth-order valence-corrected chi connectivity index (χ4v) is 5.28. The molecule has 0 spiro atoms. The monoisotopic (exact) mass is 533 g/mol. The van der Waals surface area contributed by atoms with Crippen LogP contribution >= 0.6 is 22.9 Å². The van der Waals surface area contributed by atoms with Gasteiger partial charge in [0.15, 0.2) is 0 Å². The van der Waals surface area contributed by atoms with Gasteiger partial charge in [-0.05, 0) is 42.2 Å². The van der Waals surface area contributed by atoms with Crippen molar-refractivity contribution in [1.82, 2.24) is 5.32 Å². The van der Waals surface area contributed by atoms with Crippen LogP contribution in [0.4, 0.5) is 21.9 Å². The van der Waals surface area contributed by atoms with E-state index in [-0.39, 0.29) is 36.4 Å². The number of nitrogens with one attached hydrogen (secondary N) is 2. The van der Waals surface area contributed by atoms with Gasteiger partial charge in [-0.2, -0.15) is 0 Å². The molecule has 2 aromatic rings. The van der Waals surface area contributed by atoms with E-state index in [0.717, 1.165) is 18.7 Å². The number of nitrogens with zero attached hydrogens (tertiary/aromatic N) is 2. The predicted octanol–water partition coefficient (Wildman–Crippen LogP) is 4.07. The van der Waals surface area contributed by atoms with Gasteiger partial charge in [-0.3, -0.25) is 14.5 Å². The van der Waals surface area contributed by atoms with E-state index in [1.807, 2.05) is 32.9 Å². The fraction of sp³-hybridized carbons (Fsp3) is 0.480. The molecule has 2 saturated heterocycles. The summed E-state index contributed by atoms with van der Waals surface area (Å²) >= 11 is 7.09. The van der Waals surface area contributed by atoms with Crippen LogP contribution in [0.3, 0.4) is 0 Å². The van der Waals surface area contributed by atoms with Crippen LogP contribution in [0, 0.1) is 5.41 Å². The average molecular weight is 534 g/mol. The number of carbonyl (C=O) groups is 3. The van der Waals surface area contributed by atoms with E-state index in [0.29, 0.717) is 33.6 Å². The molecule has 194 valence electrons.